The lowest BCUT2D eigenvalue weighted by molar-refractivity contribution is -0.0328. The molecule has 1 heterocycles. The number of rotatable bonds is 2. The molecule has 0 saturated heterocycles. The minimum absolute atomic E-state index is 0.0881. The van der Waals surface area contributed by atoms with Gasteiger partial charge in [-0.25, -0.2) is 4.79 Å². The maximum Gasteiger partial charge on any atom is 0.446 e. The summed E-state index contributed by atoms with van der Waals surface area (Å²) in [7, 11) is 0. The van der Waals surface area contributed by atoms with Crippen molar-refractivity contribution in [1.82, 2.24) is 0 Å². The maximum atomic E-state index is 11.8. The molecule has 0 amide bonds. The quantitative estimate of drug-likeness (QED) is 0.790. The first-order chi connectivity index (χ1) is 5.88. The van der Waals surface area contributed by atoms with Crippen LogP contribution >= 0.6 is 23.1 Å². The first kappa shape index (κ1) is 10.4. The molecule has 0 aliphatic carbocycles. The Morgan fingerprint density at radius 2 is 2.15 bits per heavy atom. The summed E-state index contributed by atoms with van der Waals surface area (Å²) in [4.78, 5) is 10.1. The average Bonchev–Trinajstić information content (AvgIpc) is 2.31. The Hall–Kier alpha value is -0.690. The number of hydrogen-bond donors (Lipinski definition) is 1. The second-order valence-electron chi connectivity index (χ2n) is 2.00. The highest BCUT2D eigenvalue weighted by Gasteiger charge is 2.29. The molecule has 0 aliphatic rings. The van der Waals surface area contributed by atoms with E-state index in [4.69, 9.17) is 5.11 Å². The van der Waals surface area contributed by atoms with Gasteiger partial charge in [0.25, 0.3) is 0 Å². The van der Waals surface area contributed by atoms with Gasteiger partial charge in [-0.05, 0) is 17.8 Å². The van der Waals surface area contributed by atoms with Crippen molar-refractivity contribution in [2.45, 2.75) is 10.4 Å². The third kappa shape index (κ3) is 3.27. The lowest BCUT2D eigenvalue weighted by atomic mass is 10.5. The standard InChI is InChI=1S/C6H3F3O2S2/c7-6(8,9)13-3-1-4(5(10)11)12-2-3/h1-2H,(H,10,11). The van der Waals surface area contributed by atoms with E-state index in [2.05, 4.69) is 0 Å². The van der Waals surface area contributed by atoms with E-state index < -0.39 is 11.5 Å². The highest BCUT2D eigenvalue weighted by atomic mass is 32.2. The Kier molecular flexibility index (Phi) is 2.87. The Morgan fingerprint density at radius 3 is 2.54 bits per heavy atom. The number of thiophene rings is 1. The Bertz CT molecular complexity index is 318. The van der Waals surface area contributed by atoms with Gasteiger partial charge in [0.05, 0.1) is 0 Å². The van der Waals surface area contributed by atoms with Gasteiger partial charge in [-0.1, -0.05) is 0 Å². The van der Waals surface area contributed by atoms with Crippen molar-refractivity contribution in [3.63, 3.8) is 0 Å². The molecule has 1 aromatic heterocycles. The molecule has 1 rings (SSSR count). The summed E-state index contributed by atoms with van der Waals surface area (Å²) in [6.45, 7) is 0. The lowest BCUT2D eigenvalue weighted by Crippen LogP contribution is -1.98. The Morgan fingerprint density at radius 1 is 1.54 bits per heavy atom. The van der Waals surface area contributed by atoms with E-state index in [9.17, 15) is 18.0 Å². The fraction of sp³-hybridized carbons (Fsp3) is 0.167. The minimum atomic E-state index is -4.36. The van der Waals surface area contributed by atoms with Crippen LogP contribution < -0.4 is 0 Å². The molecule has 0 radical (unpaired) electrons. The van der Waals surface area contributed by atoms with Crippen molar-refractivity contribution in [2.24, 2.45) is 0 Å². The van der Waals surface area contributed by atoms with Crippen LogP contribution in [-0.2, 0) is 0 Å². The zero-order valence-corrected chi connectivity index (χ0v) is 7.59. The van der Waals surface area contributed by atoms with E-state index in [0.29, 0.717) is 0 Å². The largest absolute Gasteiger partial charge is 0.477 e. The summed E-state index contributed by atoms with van der Waals surface area (Å²) in [5.41, 5.74) is -4.36. The number of aromatic carboxylic acids is 1. The zero-order chi connectivity index (χ0) is 10.1. The topological polar surface area (TPSA) is 37.3 Å². The van der Waals surface area contributed by atoms with Gasteiger partial charge in [-0.2, -0.15) is 13.2 Å². The zero-order valence-electron chi connectivity index (χ0n) is 5.96. The van der Waals surface area contributed by atoms with Gasteiger partial charge in [0, 0.05) is 10.3 Å². The second kappa shape index (κ2) is 3.59. The van der Waals surface area contributed by atoms with E-state index in [1.54, 1.807) is 0 Å². The number of hydrogen-bond acceptors (Lipinski definition) is 3. The summed E-state index contributed by atoms with van der Waals surface area (Å²) in [5, 5.41) is 9.58. The van der Waals surface area contributed by atoms with Crippen LogP contribution in [0.4, 0.5) is 13.2 Å². The summed E-state index contributed by atoms with van der Waals surface area (Å²) >= 11 is 0.464. The molecule has 13 heavy (non-hydrogen) atoms. The highest BCUT2D eigenvalue weighted by molar-refractivity contribution is 8.00. The third-order valence-corrected chi connectivity index (χ3v) is 2.79. The summed E-state index contributed by atoms with van der Waals surface area (Å²) in [5.74, 6) is -1.21. The van der Waals surface area contributed by atoms with Gasteiger partial charge >= 0.3 is 11.5 Å². The molecule has 2 nitrogen and oxygen atoms in total. The van der Waals surface area contributed by atoms with Crippen molar-refractivity contribution in [1.29, 1.82) is 0 Å². The van der Waals surface area contributed by atoms with E-state index in [0.717, 1.165) is 17.4 Å². The number of carboxylic acids is 1. The van der Waals surface area contributed by atoms with E-state index in [-0.39, 0.29) is 21.5 Å². The average molecular weight is 228 g/mol. The van der Waals surface area contributed by atoms with Gasteiger partial charge in [-0.15, -0.1) is 11.3 Å². The third-order valence-electron chi connectivity index (χ3n) is 1.02. The molecule has 1 aromatic rings. The molecule has 0 spiro atoms. The van der Waals surface area contributed by atoms with Gasteiger partial charge in [0.2, 0.25) is 0 Å². The van der Waals surface area contributed by atoms with Crippen molar-refractivity contribution in [3.05, 3.63) is 16.3 Å². The molecule has 0 saturated carbocycles. The van der Waals surface area contributed by atoms with Crippen LogP contribution in [0.3, 0.4) is 0 Å². The molecular formula is C6H3F3O2S2. The van der Waals surface area contributed by atoms with E-state index in [1.165, 1.54) is 5.38 Å². The van der Waals surface area contributed by atoms with Crippen LogP contribution in [0.2, 0.25) is 0 Å². The second-order valence-corrected chi connectivity index (χ2v) is 4.05. The Balaban J connectivity index is 2.75. The molecule has 0 aliphatic heterocycles. The van der Waals surface area contributed by atoms with Crippen LogP contribution in [0.1, 0.15) is 9.67 Å². The van der Waals surface area contributed by atoms with Crippen molar-refractivity contribution in [3.8, 4) is 0 Å². The molecule has 0 unspecified atom stereocenters. The maximum absolute atomic E-state index is 11.8. The van der Waals surface area contributed by atoms with Gasteiger partial charge in [-0.3, -0.25) is 0 Å². The molecular weight excluding hydrogens is 225 g/mol. The van der Waals surface area contributed by atoms with Crippen LogP contribution in [0.15, 0.2) is 16.3 Å². The number of thioether (sulfide) groups is 1. The highest BCUT2D eigenvalue weighted by Crippen LogP contribution is 2.38. The fourth-order valence-electron chi connectivity index (χ4n) is 0.618. The molecule has 0 aromatic carbocycles. The molecule has 0 fully saturated rings. The van der Waals surface area contributed by atoms with Gasteiger partial charge in [0.15, 0.2) is 0 Å². The number of carbonyl (C=O) groups is 1. The lowest BCUT2D eigenvalue weighted by Gasteiger charge is -2.01. The predicted molar refractivity (Wildman–Crippen MR) is 43.2 cm³/mol. The number of carboxylic acid groups (broad SMARTS) is 1. The van der Waals surface area contributed by atoms with E-state index >= 15 is 0 Å². The van der Waals surface area contributed by atoms with Gasteiger partial charge < -0.3 is 5.11 Å². The first-order valence-electron chi connectivity index (χ1n) is 2.96. The van der Waals surface area contributed by atoms with Crippen LogP contribution in [0.5, 0.6) is 0 Å². The van der Waals surface area contributed by atoms with Crippen molar-refractivity contribution >= 4 is 29.1 Å². The smallest absolute Gasteiger partial charge is 0.446 e. The molecule has 0 atom stereocenters. The van der Waals surface area contributed by atoms with Crippen LogP contribution in [-0.4, -0.2) is 16.6 Å². The molecule has 0 bridgehead atoms. The summed E-state index contributed by atoms with van der Waals surface area (Å²) in [6, 6.07) is 1.01. The van der Waals surface area contributed by atoms with Gasteiger partial charge in [0.1, 0.15) is 4.88 Å². The summed E-state index contributed by atoms with van der Waals surface area (Å²) in [6.07, 6.45) is 0. The molecule has 72 valence electrons. The summed E-state index contributed by atoms with van der Waals surface area (Å²) < 4.78 is 35.3. The van der Waals surface area contributed by atoms with Crippen LogP contribution in [0.25, 0.3) is 0 Å². The van der Waals surface area contributed by atoms with E-state index in [1.807, 2.05) is 0 Å². The molecule has 1 N–H and O–H groups in total. The SMILES string of the molecule is O=C(O)c1cc(SC(F)(F)F)cs1. The normalized spacial score (nSPS) is 11.6. The first-order valence-corrected chi connectivity index (χ1v) is 4.65. The number of halogens is 3. The minimum Gasteiger partial charge on any atom is -0.477 e. The van der Waals surface area contributed by atoms with Crippen molar-refractivity contribution in [2.75, 3.05) is 0 Å². The monoisotopic (exact) mass is 228 g/mol. The van der Waals surface area contributed by atoms with Crippen molar-refractivity contribution < 1.29 is 23.1 Å². The Labute approximate surface area is 79.4 Å². The number of alkyl halides is 3. The fourth-order valence-corrected chi connectivity index (χ4v) is 2.08. The molecule has 7 heteroatoms. The predicted octanol–water partition coefficient (Wildman–Crippen LogP) is 3.06. The van der Waals surface area contributed by atoms with Crippen LogP contribution in [0, 0.1) is 0 Å².